The van der Waals surface area contributed by atoms with Gasteiger partial charge in [-0.3, -0.25) is 5.41 Å². The van der Waals surface area contributed by atoms with Gasteiger partial charge in [-0.05, 0) is 48.5 Å². The highest BCUT2D eigenvalue weighted by atomic mass is 14.9. The minimum absolute atomic E-state index is 0.466. The highest BCUT2D eigenvalue weighted by Gasteiger charge is 2.14. The fourth-order valence-electron chi connectivity index (χ4n) is 2.97. The third-order valence-corrected chi connectivity index (χ3v) is 4.46. The second-order valence-electron chi connectivity index (χ2n) is 7.00. The van der Waals surface area contributed by atoms with Crippen molar-refractivity contribution in [2.75, 3.05) is 0 Å². The Morgan fingerprint density at radius 1 is 1.00 bits per heavy atom. The number of allylic oxidation sites excluding steroid dienone is 2. The lowest BCUT2D eigenvalue weighted by molar-refractivity contribution is 0.589. The van der Waals surface area contributed by atoms with E-state index >= 15 is 0 Å². The molecule has 0 atom stereocenters. The molecule has 0 aromatic heterocycles. The highest BCUT2D eigenvalue weighted by molar-refractivity contribution is 6.15. The zero-order valence-corrected chi connectivity index (χ0v) is 16.6. The quantitative estimate of drug-likeness (QED) is 0.341. The Balaban J connectivity index is 3.02. The number of rotatable bonds is 11. The van der Waals surface area contributed by atoms with E-state index in [1.807, 2.05) is 19.1 Å². The van der Waals surface area contributed by atoms with Gasteiger partial charge < -0.3 is 10.7 Å². The van der Waals surface area contributed by atoms with Crippen LogP contribution in [0.2, 0.25) is 0 Å². The number of nitrogens with one attached hydrogen (secondary N) is 3. The van der Waals surface area contributed by atoms with Crippen LogP contribution in [0.1, 0.15) is 77.8 Å². The summed E-state index contributed by atoms with van der Waals surface area (Å²) in [5.41, 5.74) is 5.45. The van der Waals surface area contributed by atoms with Gasteiger partial charge in [-0.25, -0.2) is 0 Å². The molecule has 0 saturated heterocycles. The van der Waals surface area contributed by atoms with Crippen molar-refractivity contribution < 1.29 is 0 Å². The monoisotopic (exact) mass is 341 g/mol. The second kappa shape index (κ2) is 11.0. The van der Waals surface area contributed by atoms with Crippen molar-refractivity contribution >= 4 is 11.4 Å². The molecule has 0 bridgehead atoms. The molecule has 0 amide bonds. The first-order valence-corrected chi connectivity index (χ1v) is 9.59. The molecule has 3 N–H and O–H groups in total. The van der Waals surface area contributed by atoms with E-state index in [0.717, 1.165) is 42.5 Å². The molecule has 0 saturated carbocycles. The summed E-state index contributed by atoms with van der Waals surface area (Å²) in [6.45, 7) is 11.3. The maximum absolute atomic E-state index is 8.72. The maximum atomic E-state index is 8.72. The van der Waals surface area contributed by atoms with Gasteiger partial charge in [0.05, 0.1) is 5.71 Å². The normalized spacial score (nSPS) is 12.2. The van der Waals surface area contributed by atoms with Crippen molar-refractivity contribution in [2.24, 2.45) is 0 Å². The van der Waals surface area contributed by atoms with Crippen LogP contribution in [0.15, 0.2) is 35.4 Å². The van der Waals surface area contributed by atoms with Gasteiger partial charge in [0.1, 0.15) is 0 Å². The number of unbranched alkanes of at least 4 members (excludes halogenated alkanes) is 2. The average Bonchev–Trinajstić information content (AvgIpc) is 2.59. The smallest absolute Gasteiger partial charge is 0.0647 e. The molecule has 1 rings (SSSR count). The minimum Gasteiger partial charge on any atom is -0.310 e. The van der Waals surface area contributed by atoms with E-state index in [1.165, 1.54) is 18.4 Å². The van der Waals surface area contributed by atoms with Gasteiger partial charge in [0.15, 0.2) is 0 Å². The molecule has 3 nitrogen and oxygen atoms in total. The molecule has 1 aromatic rings. The molecule has 3 heteroatoms. The molecule has 138 valence electrons. The maximum Gasteiger partial charge on any atom is 0.0647 e. The zero-order valence-electron chi connectivity index (χ0n) is 16.6. The van der Waals surface area contributed by atoms with E-state index in [0.29, 0.717) is 17.5 Å². The standard InChI is InChI=1S/C22H35N3/c1-6-8-9-10-21(20(7-2)17(5)23)22(24)19-13-11-18(12-14-19)15-25-16(3)4/h11-14,16,23-25H,6-10,15H2,1-5H3/b21-20-,23-17?,24-22?. The molecule has 0 unspecified atom stereocenters. The molecule has 0 radical (unpaired) electrons. The predicted octanol–water partition coefficient (Wildman–Crippen LogP) is 5.88. The van der Waals surface area contributed by atoms with Crippen LogP contribution in [0.3, 0.4) is 0 Å². The molecule has 0 aliphatic heterocycles. The minimum atomic E-state index is 0.466. The van der Waals surface area contributed by atoms with Gasteiger partial charge in [-0.15, -0.1) is 0 Å². The Morgan fingerprint density at radius 2 is 1.64 bits per heavy atom. The van der Waals surface area contributed by atoms with Crippen molar-refractivity contribution in [1.29, 1.82) is 10.8 Å². The molecule has 0 aliphatic carbocycles. The number of benzene rings is 1. The molecular formula is C22H35N3. The summed E-state index contributed by atoms with van der Waals surface area (Å²) in [4.78, 5) is 0. The van der Waals surface area contributed by atoms with Gasteiger partial charge in [-0.2, -0.15) is 0 Å². The van der Waals surface area contributed by atoms with E-state index in [1.54, 1.807) is 0 Å². The van der Waals surface area contributed by atoms with E-state index in [9.17, 15) is 0 Å². The third kappa shape index (κ3) is 6.95. The Kier molecular flexibility index (Phi) is 9.36. The SMILES string of the molecule is CCCCC/C(C(=N)c1ccc(CNC(C)C)cc1)=C(\CC)C(C)=N. The first-order chi connectivity index (χ1) is 11.9. The summed E-state index contributed by atoms with van der Waals surface area (Å²) in [5.74, 6) is 0. The highest BCUT2D eigenvalue weighted by Crippen LogP contribution is 2.22. The summed E-state index contributed by atoms with van der Waals surface area (Å²) in [5, 5.41) is 20.2. The first-order valence-electron chi connectivity index (χ1n) is 9.59. The van der Waals surface area contributed by atoms with Crippen LogP contribution in [0.5, 0.6) is 0 Å². The van der Waals surface area contributed by atoms with Crippen molar-refractivity contribution in [3.63, 3.8) is 0 Å². The molecule has 0 fully saturated rings. The van der Waals surface area contributed by atoms with Crippen LogP contribution < -0.4 is 5.32 Å². The van der Waals surface area contributed by atoms with Gasteiger partial charge in [0, 0.05) is 18.3 Å². The van der Waals surface area contributed by atoms with Crippen LogP contribution in [0.25, 0.3) is 0 Å². The van der Waals surface area contributed by atoms with Gasteiger partial charge in [0.25, 0.3) is 0 Å². The molecule has 25 heavy (non-hydrogen) atoms. The Morgan fingerprint density at radius 3 is 2.12 bits per heavy atom. The largest absolute Gasteiger partial charge is 0.310 e. The number of hydrogen-bond donors (Lipinski definition) is 3. The van der Waals surface area contributed by atoms with Gasteiger partial charge in [0.2, 0.25) is 0 Å². The summed E-state index contributed by atoms with van der Waals surface area (Å²) in [6, 6.07) is 8.77. The number of hydrogen-bond acceptors (Lipinski definition) is 3. The lowest BCUT2D eigenvalue weighted by Crippen LogP contribution is -2.21. The summed E-state index contributed by atoms with van der Waals surface area (Å²) in [7, 11) is 0. The van der Waals surface area contributed by atoms with E-state index in [2.05, 4.69) is 45.1 Å². The Hall–Kier alpha value is -1.74. The van der Waals surface area contributed by atoms with Crippen molar-refractivity contribution in [2.45, 2.75) is 79.3 Å². The zero-order chi connectivity index (χ0) is 18.8. The van der Waals surface area contributed by atoms with E-state index < -0.39 is 0 Å². The summed E-state index contributed by atoms with van der Waals surface area (Å²) >= 11 is 0. The van der Waals surface area contributed by atoms with Gasteiger partial charge in [-0.1, -0.05) is 64.8 Å². The van der Waals surface area contributed by atoms with Crippen LogP contribution in [-0.2, 0) is 6.54 Å². The van der Waals surface area contributed by atoms with Crippen LogP contribution in [0.4, 0.5) is 0 Å². The second-order valence-corrected chi connectivity index (χ2v) is 7.00. The third-order valence-electron chi connectivity index (χ3n) is 4.46. The fraction of sp³-hybridized carbons (Fsp3) is 0.545. The summed E-state index contributed by atoms with van der Waals surface area (Å²) in [6.07, 6.45) is 5.13. The van der Waals surface area contributed by atoms with E-state index in [4.69, 9.17) is 10.8 Å². The molecule has 1 aromatic carbocycles. The van der Waals surface area contributed by atoms with Crippen LogP contribution in [-0.4, -0.2) is 17.5 Å². The first kappa shape index (κ1) is 21.3. The summed E-state index contributed by atoms with van der Waals surface area (Å²) < 4.78 is 0. The molecule has 0 aliphatic rings. The van der Waals surface area contributed by atoms with Crippen molar-refractivity contribution in [3.05, 3.63) is 46.5 Å². The average molecular weight is 342 g/mol. The molecular weight excluding hydrogens is 306 g/mol. The molecule has 0 heterocycles. The topological polar surface area (TPSA) is 59.7 Å². The molecule has 0 spiro atoms. The predicted molar refractivity (Wildman–Crippen MR) is 110 cm³/mol. The lowest BCUT2D eigenvalue weighted by Gasteiger charge is -2.16. The Labute approximate surface area is 154 Å². The van der Waals surface area contributed by atoms with Crippen LogP contribution >= 0.6 is 0 Å². The van der Waals surface area contributed by atoms with Gasteiger partial charge >= 0.3 is 0 Å². The van der Waals surface area contributed by atoms with Crippen molar-refractivity contribution in [1.82, 2.24) is 5.32 Å². The van der Waals surface area contributed by atoms with Crippen LogP contribution in [0, 0.1) is 10.8 Å². The lowest BCUT2D eigenvalue weighted by atomic mass is 9.90. The van der Waals surface area contributed by atoms with E-state index in [-0.39, 0.29) is 0 Å². The van der Waals surface area contributed by atoms with Crippen molar-refractivity contribution in [3.8, 4) is 0 Å². The fourth-order valence-corrected chi connectivity index (χ4v) is 2.97. The Bertz CT molecular complexity index is 594.